The second-order valence-electron chi connectivity index (χ2n) is 7.96. The van der Waals surface area contributed by atoms with Crippen LogP contribution < -0.4 is 0 Å². The van der Waals surface area contributed by atoms with Crippen molar-refractivity contribution in [3.8, 4) is 0 Å². The fourth-order valence-corrected chi connectivity index (χ4v) is 4.52. The van der Waals surface area contributed by atoms with Gasteiger partial charge < -0.3 is 9.47 Å². The van der Waals surface area contributed by atoms with Crippen molar-refractivity contribution < 1.29 is 24.0 Å². The van der Waals surface area contributed by atoms with Crippen LogP contribution in [0.3, 0.4) is 0 Å². The number of benzene rings is 1. The van der Waals surface area contributed by atoms with Gasteiger partial charge in [-0.1, -0.05) is 12.1 Å². The Hall–Kier alpha value is -2.87. The molecule has 1 fully saturated rings. The summed E-state index contributed by atoms with van der Waals surface area (Å²) in [6, 6.07) is 6.04. The molecule has 1 aromatic carbocycles. The first kappa shape index (κ1) is 20.4. The Kier molecular flexibility index (Phi) is 5.76. The lowest BCUT2D eigenvalue weighted by Crippen LogP contribution is -2.38. The maximum absolute atomic E-state index is 13.1. The molecule has 2 heterocycles. The third kappa shape index (κ3) is 3.92. The van der Waals surface area contributed by atoms with Gasteiger partial charge in [0.2, 0.25) is 0 Å². The number of nitro benzene ring substituents is 1. The van der Waals surface area contributed by atoms with E-state index in [4.69, 9.17) is 9.47 Å². The average Bonchev–Trinajstić information content (AvgIpc) is 3.25. The molecule has 0 saturated carbocycles. The van der Waals surface area contributed by atoms with Gasteiger partial charge in [0.05, 0.1) is 11.0 Å². The summed E-state index contributed by atoms with van der Waals surface area (Å²) in [6.45, 7) is 2.62. The van der Waals surface area contributed by atoms with Gasteiger partial charge in [0.1, 0.15) is 12.5 Å². The smallest absolute Gasteiger partial charge is 0.315 e. The maximum Gasteiger partial charge on any atom is 0.315 e. The zero-order valence-electron chi connectivity index (χ0n) is 16.8. The lowest BCUT2D eigenvalue weighted by atomic mass is 9.72. The van der Waals surface area contributed by atoms with Gasteiger partial charge in [-0.25, -0.2) is 0 Å². The fourth-order valence-electron chi connectivity index (χ4n) is 4.52. The van der Waals surface area contributed by atoms with Crippen molar-refractivity contribution >= 4 is 23.2 Å². The van der Waals surface area contributed by atoms with E-state index in [-0.39, 0.29) is 24.2 Å². The molecule has 8 heteroatoms. The molecule has 0 aromatic heterocycles. The molecule has 0 amide bonds. The molecular formula is C22H24N2O6. The summed E-state index contributed by atoms with van der Waals surface area (Å²) in [5.74, 6) is -1.76. The number of carbonyl (C=O) groups excluding carboxylic acids is 2. The Bertz CT molecular complexity index is 927. The highest BCUT2D eigenvalue weighted by Gasteiger charge is 2.43. The molecule has 0 N–H and O–H groups in total. The van der Waals surface area contributed by atoms with Crippen LogP contribution in [-0.4, -0.2) is 41.7 Å². The highest BCUT2D eigenvalue weighted by Crippen LogP contribution is 2.43. The molecule has 1 aliphatic carbocycles. The van der Waals surface area contributed by atoms with Crippen LogP contribution >= 0.6 is 0 Å². The van der Waals surface area contributed by atoms with Crippen LogP contribution in [0.5, 0.6) is 0 Å². The number of non-ortho nitro benzene ring substituents is 1. The minimum Gasteiger partial charge on any atom is -0.462 e. The van der Waals surface area contributed by atoms with Crippen molar-refractivity contribution in [2.75, 3.05) is 13.2 Å². The minimum atomic E-state index is -0.742. The first-order valence-corrected chi connectivity index (χ1v) is 10.3. The van der Waals surface area contributed by atoms with Crippen molar-refractivity contribution in [3.05, 3.63) is 51.2 Å². The summed E-state index contributed by atoms with van der Waals surface area (Å²) in [6.07, 6.45) is 3.52. The van der Waals surface area contributed by atoms with Crippen LogP contribution in [-0.2, 0) is 19.1 Å². The topological polar surface area (TPSA) is 108 Å². The van der Waals surface area contributed by atoms with Crippen LogP contribution in [0, 0.1) is 16.0 Å². The zero-order valence-corrected chi connectivity index (χ0v) is 16.8. The number of carbonyl (C=O) groups is 2. The van der Waals surface area contributed by atoms with E-state index < -0.39 is 22.7 Å². The van der Waals surface area contributed by atoms with E-state index in [0.717, 1.165) is 25.0 Å². The largest absolute Gasteiger partial charge is 0.462 e. The molecule has 0 radical (unpaired) electrons. The normalized spacial score (nSPS) is 26.2. The van der Waals surface area contributed by atoms with E-state index in [2.05, 4.69) is 4.99 Å². The van der Waals surface area contributed by atoms with E-state index in [1.807, 2.05) is 0 Å². The Morgan fingerprint density at radius 1 is 1.27 bits per heavy atom. The van der Waals surface area contributed by atoms with Gasteiger partial charge in [0.25, 0.3) is 5.69 Å². The van der Waals surface area contributed by atoms with Crippen LogP contribution in [0.4, 0.5) is 5.69 Å². The molecule has 0 spiro atoms. The van der Waals surface area contributed by atoms with Crippen molar-refractivity contribution in [1.82, 2.24) is 0 Å². The van der Waals surface area contributed by atoms with Crippen LogP contribution in [0.2, 0.25) is 0 Å². The standard InChI is InChI=1S/C22H24N2O6/c1-13-19(22(26)30-12-16-4-3-11-29-16)20(14-7-9-15(10-8-14)24(27)28)21-17(23-13)5-2-6-18(21)25/h7-10,16,19-20H,2-6,11-12H2,1H3/t16-,19?,20+/m0/s1. The Labute approximate surface area is 174 Å². The number of ketones is 1. The van der Waals surface area contributed by atoms with Crippen LogP contribution in [0.15, 0.2) is 40.5 Å². The van der Waals surface area contributed by atoms with Gasteiger partial charge in [0.15, 0.2) is 5.78 Å². The number of hydrogen-bond donors (Lipinski definition) is 0. The molecule has 30 heavy (non-hydrogen) atoms. The van der Waals surface area contributed by atoms with Crippen molar-refractivity contribution in [3.63, 3.8) is 0 Å². The summed E-state index contributed by atoms with van der Waals surface area (Å²) >= 11 is 0. The van der Waals surface area contributed by atoms with E-state index in [1.165, 1.54) is 12.1 Å². The summed E-state index contributed by atoms with van der Waals surface area (Å²) in [7, 11) is 0. The lowest BCUT2D eigenvalue weighted by molar-refractivity contribution is -0.384. The van der Waals surface area contributed by atoms with Crippen molar-refractivity contribution in [2.24, 2.45) is 10.9 Å². The predicted octanol–water partition coefficient (Wildman–Crippen LogP) is 3.50. The van der Waals surface area contributed by atoms with E-state index in [0.29, 0.717) is 36.3 Å². The number of esters is 1. The number of hydrogen-bond acceptors (Lipinski definition) is 7. The lowest BCUT2D eigenvalue weighted by Gasteiger charge is -2.34. The van der Waals surface area contributed by atoms with Gasteiger partial charge in [0, 0.05) is 48.1 Å². The highest BCUT2D eigenvalue weighted by molar-refractivity contribution is 6.08. The monoisotopic (exact) mass is 412 g/mol. The van der Waals surface area contributed by atoms with E-state index in [1.54, 1.807) is 19.1 Å². The zero-order chi connectivity index (χ0) is 21.3. The number of allylic oxidation sites excluding steroid dienone is 2. The van der Waals surface area contributed by atoms with E-state index in [9.17, 15) is 19.7 Å². The summed E-state index contributed by atoms with van der Waals surface area (Å²) in [4.78, 5) is 41.1. The third-order valence-corrected chi connectivity index (χ3v) is 5.99. The molecule has 3 aliphatic rings. The second-order valence-corrected chi connectivity index (χ2v) is 7.96. The fraction of sp³-hybridized carbons (Fsp3) is 0.500. The quantitative estimate of drug-likeness (QED) is 0.416. The molecule has 2 aliphatic heterocycles. The Balaban J connectivity index is 1.68. The number of aliphatic imine (C=N–C) groups is 1. The average molecular weight is 412 g/mol. The van der Waals surface area contributed by atoms with Gasteiger partial charge in [-0.3, -0.25) is 24.7 Å². The highest BCUT2D eigenvalue weighted by atomic mass is 16.6. The molecule has 3 atom stereocenters. The van der Waals surface area contributed by atoms with Gasteiger partial charge >= 0.3 is 5.97 Å². The SMILES string of the molecule is CC1=NC2=C(C(=O)CCC2)[C@H](c2ccc([N+](=O)[O-])cc2)C1C(=O)OC[C@@H]1CCCO1. The molecule has 8 nitrogen and oxygen atoms in total. The molecule has 4 rings (SSSR count). The number of rotatable bonds is 5. The molecular weight excluding hydrogens is 388 g/mol. The number of nitro groups is 1. The molecule has 0 bridgehead atoms. The Morgan fingerprint density at radius 2 is 2.03 bits per heavy atom. The first-order chi connectivity index (χ1) is 14.5. The summed E-state index contributed by atoms with van der Waals surface area (Å²) in [5, 5.41) is 11.0. The molecule has 1 aromatic rings. The van der Waals surface area contributed by atoms with Gasteiger partial charge in [-0.05, 0) is 38.2 Å². The van der Waals surface area contributed by atoms with Crippen LogP contribution in [0.25, 0.3) is 0 Å². The molecule has 158 valence electrons. The van der Waals surface area contributed by atoms with Crippen molar-refractivity contribution in [1.29, 1.82) is 0 Å². The number of nitrogens with zero attached hydrogens (tertiary/aromatic N) is 2. The number of ether oxygens (including phenoxy) is 2. The minimum absolute atomic E-state index is 0.0206. The number of Topliss-reactive ketones (excluding diaryl/α,β-unsaturated/α-hetero) is 1. The van der Waals surface area contributed by atoms with E-state index >= 15 is 0 Å². The van der Waals surface area contributed by atoms with Crippen LogP contribution in [0.1, 0.15) is 50.5 Å². The first-order valence-electron chi connectivity index (χ1n) is 10.3. The summed E-state index contributed by atoms with van der Waals surface area (Å²) < 4.78 is 11.1. The maximum atomic E-state index is 13.1. The molecule has 1 saturated heterocycles. The second kappa shape index (κ2) is 8.47. The summed E-state index contributed by atoms with van der Waals surface area (Å²) in [5.41, 5.74) is 2.50. The van der Waals surface area contributed by atoms with Crippen molar-refractivity contribution in [2.45, 2.75) is 51.0 Å². The van der Waals surface area contributed by atoms with Gasteiger partial charge in [-0.2, -0.15) is 0 Å². The third-order valence-electron chi connectivity index (χ3n) is 5.99. The van der Waals surface area contributed by atoms with Gasteiger partial charge in [-0.15, -0.1) is 0 Å². The molecule has 1 unspecified atom stereocenters. The Morgan fingerprint density at radius 3 is 2.70 bits per heavy atom. The predicted molar refractivity (Wildman–Crippen MR) is 108 cm³/mol.